The molecule has 0 aliphatic heterocycles. The average molecular weight is 308 g/mol. The molecule has 7 heteroatoms. The van der Waals surface area contributed by atoms with Crippen molar-refractivity contribution in [2.24, 2.45) is 10.9 Å². The maximum Gasteiger partial charge on any atom is 0.332 e. The summed E-state index contributed by atoms with van der Waals surface area (Å²) in [6.45, 7) is 1.23. The highest BCUT2D eigenvalue weighted by atomic mass is 16.7. The van der Waals surface area contributed by atoms with Crippen molar-refractivity contribution in [3.63, 3.8) is 0 Å². The minimum atomic E-state index is -1.35. The monoisotopic (exact) mass is 308 g/mol. The summed E-state index contributed by atoms with van der Waals surface area (Å²) in [6.07, 6.45) is 1.49. The van der Waals surface area contributed by atoms with Crippen LogP contribution < -0.4 is 10.5 Å². The number of carbonyl (C=O) groups excluding carboxylic acids is 1. The van der Waals surface area contributed by atoms with Crippen LogP contribution in [-0.4, -0.2) is 33.9 Å². The Labute approximate surface area is 128 Å². The summed E-state index contributed by atoms with van der Waals surface area (Å²) in [5, 5.41) is 23.4. The van der Waals surface area contributed by atoms with Crippen LogP contribution in [-0.2, 0) is 9.63 Å². The van der Waals surface area contributed by atoms with Gasteiger partial charge in [-0.3, -0.25) is 0 Å². The maximum atomic E-state index is 10.7. The molecule has 22 heavy (non-hydrogen) atoms. The molecule has 2 rings (SSSR count). The largest absolute Gasteiger partial charge is 0.462 e. The molecular weight excluding hydrogens is 288 g/mol. The predicted octanol–water partition coefficient (Wildman–Crippen LogP) is 0.872. The number of hydrogen-bond donors (Lipinski definition) is 3. The van der Waals surface area contributed by atoms with Crippen LogP contribution in [0, 0.1) is 0 Å². The van der Waals surface area contributed by atoms with Crippen LogP contribution in [0.15, 0.2) is 29.4 Å². The minimum Gasteiger partial charge on any atom is -0.462 e. The lowest BCUT2D eigenvalue weighted by Gasteiger charge is -2.34. The first-order valence-electron chi connectivity index (χ1n) is 7.09. The number of aliphatic hydroxyl groups excluding tert-OH is 1. The Kier molecular flexibility index (Phi) is 4.99. The molecule has 0 spiro atoms. The highest BCUT2D eigenvalue weighted by Crippen LogP contribution is 2.31. The fourth-order valence-electron chi connectivity index (χ4n) is 2.36. The van der Waals surface area contributed by atoms with Crippen LogP contribution in [0.5, 0.6) is 5.75 Å². The van der Waals surface area contributed by atoms with Gasteiger partial charge in [0.1, 0.15) is 5.75 Å². The van der Waals surface area contributed by atoms with Crippen LogP contribution in [0.3, 0.4) is 0 Å². The Morgan fingerprint density at radius 2 is 2.09 bits per heavy atom. The van der Waals surface area contributed by atoms with Gasteiger partial charge in [0.15, 0.2) is 5.84 Å². The standard InChI is InChI=1S/C15H20N2O5/c1-10(18)22-17-14(16)11-4-6-13(7-5-11)21-15(20)8-2-3-12(19)9-15/h4-7,12,19-20H,2-3,8-9H2,1H3,(H2,16,17). The molecule has 0 radical (unpaired) electrons. The van der Waals surface area contributed by atoms with E-state index in [0.717, 1.165) is 0 Å². The van der Waals surface area contributed by atoms with Crippen molar-refractivity contribution in [3.8, 4) is 5.75 Å². The lowest BCUT2D eigenvalue weighted by Crippen LogP contribution is -2.42. The summed E-state index contributed by atoms with van der Waals surface area (Å²) < 4.78 is 5.58. The SMILES string of the molecule is CC(=O)O/N=C(\N)c1ccc(OC2(O)CCCC(O)C2)cc1. The summed E-state index contributed by atoms with van der Waals surface area (Å²) in [5.41, 5.74) is 6.23. The van der Waals surface area contributed by atoms with Gasteiger partial charge in [0.2, 0.25) is 5.79 Å². The van der Waals surface area contributed by atoms with E-state index in [9.17, 15) is 15.0 Å². The van der Waals surface area contributed by atoms with Crippen LogP contribution in [0.4, 0.5) is 0 Å². The first kappa shape index (κ1) is 16.3. The smallest absolute Gasteiger partial charge is 0.332 e. The van der Waals surface area contributed by atoms with Crippen LogP contribution in [0.1, 0.15) is 38.2 Å². The Bertz CT molecular complexity index is 558. The zero-order chi connectivity index (χ0) is 16.2. The number of amidine groups is 1. The number of carbonyl (C=O) groups is 1. The molecule has 0 saturated heterocycles. The number of nitrogens with zero attached hydrogens (tertiary/aromatic N) is 1. The third kappa shape index (κ3) is 4.44. The second kappa shape index (κ2) is 6.76. The Morgan fingerprint density at radius 1 is 1.41 bits per heavy atom. The first-order chi connectivity index (χ1) is 10.4. The van der Waals surface area contributed by atoms with Gasteiger partial charge >= 0.3 is 5.97 Å². The van der Waals surface area contributed by atoms with Crippen LogP contribution >= 0.6 is 0 Å². The number of rotatable bonds is 4. The van der Waals surface area contributed by atoms with Gasteiger partial charge in [-0.25, -0.2) is 4.79 Å². The molecule has 0 heterocycles. The van der Waals surface area contributed by atoms with Crippen molar-refractivity contribution in [1.82, 2.24) is 0 Å². The quantitative estimate of drug-likeness (QED) is 0.250. The third-order valence-corrected chi connectivity index (χ3v) is 3.39. The van der Waals surface area contributed by atoms with E-state index >= 15 is 0 Å². The summed E-state index contributed by atoms with van der Waals surface area (Å²) in [6, 6.07) is 6.54. The Hall–Kier alpha value is -2.12. The summed E-state index contributed by atoms with van der Waals surface area (Å²) in [7, 11) is 0. The second-order valence-electron chi connectivity index (χ2n) is 5.38. The molecule has 7 nitrogen and oxygen atoms in total. The highest BCUT2D eigenvalue weighted by Gasteiger charge is 2.35. The molecular formula is C15H20N2O5. The molecule has 1 aliphatic rings. The second-order valence-corrected chi connectivity index (χ2v) is 5.38. The van der Waals surface area contributed by atoms with Crippen LogP contribution in [0.25, 0.3) is 0 Å². The van der Waals surface area contributed by atoms with E-state index in [-0.39, 0.29) is 12.3 Å². The molecule has 0 aromatic heterocycles. The van der Waals surface area contributed by atoms with E-state index in [1.807, 2.05) is 0 Å². The zero-order valence-corrected chi connectivity index (χ0v) is 12.4. The average Bonchev–Trinajstić information content (AvgIpc) is 2.44. The van der Waals surface area contributed by atoms with Crippen molar-refractivity contribution < 1.29 is 24.6 Å². The highest BCUT2D eigenvalue weighted by molar-refractivity contribution is 5.97. The molecule has 0 bridgehead atoms. The number of aliphatic hydroxyl groups is 2. The lowest BCUT2D eigenvalue weighted by atomic mass is 9.92. The number of ether oxygens (including phenoxy) is 1. The molecule has 1 fully saturated rings. The summed E-state index contributed by atoms with van der Waals surface area (Å²) in [5.74, 6) is -1.38. The van der Waals surface area contributed by atoms with Crippen molar-refractivity contribution in [3.05, 3.63) is 29.8 Å². The number of hydrogen-bond acceptors (Lipinski definition) is 6. The molecule has 1 saturated carbocycles. The normalized spacial score (nSPS) is 25.6. The van der Waals surface area contributed by atoms with Crippen LogP contribution in [0.2, 0.25) is 0 Å². The zero-order valence-electron chi connectivity index (χ0n) is 12.4. The van der Waals surface area contributed by atoms with Gasteiger partial charge in [-0.1, -0.05) is 5.16 Å². The van der Waals surface area contributed by atoms with Gasteiger partial charge in [0.25, 0.3) is 0 Å². The van der Waals surface area contributed by atoms with Gasteiger partial charge < -0.3 is 25.5 Å². The number of benzene rings is 1. The van der Waals surface area contributed by atoms with Gasteiger partial charge in [-0.2, -0.15) is 0 Å². The van der Waals surface area contributed by atoms with E-state index in [1.54, 1.807) is 24.3 Å². The molecule has 2 atom stereocenters. The van der Waals surface area contributed by atoms with E-state index < -0.39 is 17.9 Å². The Morgan fingerprint density at radius 3 is 2.68 bits per heavy atom. The number of oxime groups is 1. The topological polar surface area (TPSA) is 114 Å². The summed E-state index contributed by atoms with van der Waals surface area (Å²) >= 11 is 0. The molecule has 4 N–H and O–H groups in total. The van der Waals surface area contributed by atoms with Gasteiger partial charge in [0.05, 0.1) is 6.10 Å². The van der Waals surface area contributed by atoms with Crippen molar-refractivity contribution in [1.29, 1.82) is 0 Å². The predicted molar refractivity (Wildman–Crippen MR) is 79.0 cm³/mol. The molecule has 0 amide bonds. The Balaban J connectivity index is 2.02. The molecule has 1 aromatic carbocycles. The van der Waals surface area contributed by atoms with Gasteiger partial charge in [-0.05, 0) is 37.1 Å². The first-order valence-corrected chi connectivity index (χ1v) is 7.09. The van der Waals surface area contributed by atoms with E-state index in [0.29, 0.717) is 30.6 Å². The van der Waals surface area contributed by atoms with Crippen molar-refractivity contribution in [2.75, 3.05) is 0 Å². The molecule has 120 valence electrons. The summed E-state index contributed by atoms with van der Waals surface area (Å²) in [4.78, 5) is 15.1. The van der Waals surface area contributed by atoms with Crippen molar-refractivity contribution in [2.45, 2.75) is 44.5 Å². The minimum absolute atomic E-state index is 0.0635. The van der Waals surface area contributed by atoms with Crippen molar-refractivity contribution >= 4 is 11.8 Å². The fourth-order valence-corrected chi connectivity index (χ4v) is 2.36. The molecule has 1 aliphatic carbocycles. The van der Waals surface area contributed by atoms with E-state index in [2.05, 4.69) is 9.99 Å². The van der Waals surface area contributed by atoms with E-state index in [4.69, 9.17) is 10.5 Å². The maximum absolute atomic E-state index is 10.7. The molecule has 1 aromatic rings. The van der Waals surface area contributed by atoms with Gasteiger partial charge in [0, 0.05) is 25.3 Å². The lowest BCUT2D eigenvalue weighted by molar-refractivity contribution is -0.179. The van der Waals surface area contributed by atoms with Gasteiger partial charge in [-0.15, -0.1) is 0 Å². The number of nitrogens with two attached hydrogens (primary N) is 1. The van der Waals surface area contributed by atoms with E-state index in [1.165, 1.54) is 6.92 Å². The third-order valence-electron chi connectivity index (χ3n) is 3.39. The fraction of sp³-hybridized carbons (Fsp3) is 0.467. The molecule has 2 unspecified atom stereocenters.